The maximum absolute atomic E-state index is 9.37. The predicted octanol–water partition coefficient (Wildman–Crippen LogP) is -3.89. The summed E-state index contributed by atoms with van der Waals surface area (Å²) in [6, 6.07) is 0. The molecule has 0 unspecified atom stereocenters. The molecule has 1 saturated carbocycles. The quantitative estimate of drug-likeness (QED) is 0.256. The fourth-order valence-corrected chi connectivity index (χ4v) is 1.51. The lowest BCUT2D eigenvalue weighted by Gasteiger charge is -2.41. The second kappa shape index (κ2) is 4.49. The summed E-state index contributed by atoms with van der Waals surface area (Å²) < 4.78 is 4.74. The number of hydrogen-bond donors (Lipinski definition) is 6. The first-order valence-corrected chi connectivity index (χ1v) is 4.22. The van der Waals surface area contributed by atoms with Crippen LogP contribution >= 0.6 is 0 Å². The Balaban J connectivity index is 2.75. The van der Waals surface area contributed by atoms with E-state index < -0.39 is 36.6 Å². The van der Waals surface area contributed by atoms with Gasteiger partial charge in [0, 0.05) is 0 Å². The van der Waals surface area contributed by atoms with Crippen molar-refractivity contribution < 1.29 is 30.3 Å². The van der Waals surface area contributed by atoms with E-state index in [9.17, 15) is 20.4 Å². The molecule has 14 heavy (non-hydrogen) atoms. The van der Waals surface area contributed by atoms with Crippen LogP contribution in [-0.2, 0) is 4.74 Å². The minimum Gasteiger partial charge on any atom is -0.387 e. The van der Waals surface area contributed by atoms with Gasteiger partial charge in [-0.2, -0.15) is 0 Å². The highest BCUT2D eigenvalue weighted by atomic mass is 16.5. The summed E-state index contributed by atoms with van der Waals surface area (Å²) in [6.07, 6.45) is -8.89. The first kappa shape index (κ1) is 11.8. The molecule has 0 aliphatic heterocycles. The Hall–Kier alpha value is -0.280. The van der Waals surface area contributed by atoms with Crippen LogP contribution in [0.2, 0.25) is 0 Å². The number of nitrogens with two attached hydrogens (primary N) is 1. The molecule has 0 bridgehead atoms. The van der Waals surface area contributed by atoms with Crippen molar-refractivity contribution in [2.24, 2.45) is 5.73 Å². The normalized spacial score (nSPS) is 49.3. The van der Waals surface area contributed by atoms with Crippen LogP contribution in [0.25, 0.3) is 0 Å². The van der Waals surface area contributed by atoms with E-state index in [1.54, 1.807) is 0 Å². The van der Waals surface area contributed by atoms with Gasteiger partial charge < -0.3 is 36.0 Å². The molecule has 0 radical (unpaired) electrons. The summed E-state index contributed by atoms with van der Waals surface area (Å²) in [5, 5.41) is 46.4. The third-order valence-electron chi connectivity index (χ3n) is 2.36. The molecule has 7 nitrogen and oxygen atoms in total. The zero-order chi connectivity index (χ0) is 10.9. The molecule has 1 fully saturated rings. The topological polar surface area (TPSA) is 136 Å². The summed E-state index contributed by atoms with van der Waals surface area (Å²) in [5.41, 5.74) is 5.04. The Morgan fingerprint density at radius 2 is 1.14 bits per heavy atom. The molecule has 0 saturated heterocycles. The molecule has 0 aromatic heterocycles. The number of aliphatic hydroxyl groups excluding tert-OH is 5. The summed E-state index contributed by atoms with van der Waals surface area (Å²) in [4.78, 5) is 0. The summed E-state index contributed by atoms with van der Waals surface area (Å²) in [6.45, 7) is -0.270. The lowest BCUT2D eigenvalue weighted by molar-refractivity contribution is -0.234. The molecule has 1 aliphatic rings. The van der Waals surface area contributed by atoms with Crippen molar-refractivity contribution in [2.75, 3.05) is 6.73 Å². The second-order valence-corrected chi connectivity index (χ2v) is 3.25. The number of rotatable bonds is 2. The minimum atomic E-state index is -1.60. The lowest BCUT2D eigenvalue weighted by atomic mass is 9.85. The zero-order valence-electron chi connectivity index (χ0n) is 7.39. The molecule has 0 spiro atoms. The van der Waals surface area contributed by atoms with E-state index in [-0.39, 0.29) is 6.73 Å². The Bertz CT molecular complexity index is 175. The minimum absolute atomic E-state index is 0.270. The maximum Gasteiger partial charge on any atom is 0.116 e. The second-order valence-electron chi connectivity index (χ2n) is 3.25. The highest BCUT2D eigenvalue weighted by molar-refractivity contribution is 4.99. The van der Waals surface area contributed by atoms with Gasteiger partial charge in [0.1, 0.15) is 36.6 Å². The molecular weight excluding hydrogens is 194 g/mol. The molecule has 0 heterocycles. The predicted molar refractivity (Wildman–Crippen MR) is 44.0 cm³/mol. The van der Waals surface area contributed by atoms with Crippen molar-refractivity contribution in [3.8, 4) is 0 Å². The first-order valence-electron chi connectivity index (χ1n) is 4.22. The van der Waals surface area contributed by atoms with E-state index in [0.717, 1.165) is 0 Å². The largest absolute Gasteiger partial charge is 0.387 e. The molecule has 1 aliphatic carbocycles. The van der Waals surface area contributed by atoms with Crippen molar-refractivity contribution in [1.82, 2.24) is 0 Å². The van der Waals surface area contributed by atoms with Gasteiger partial charge in [-0.1, -0.05) is 0 Å². The zero-order valence-corrected chi connectivity index (χ0v) is 7.39. The van der Waals surface area contributed by atoms with Gasteiger partial charge in [0.05, 0.1) is 6.73 Å². The maximum atomic E-state index is 9.37. The summed E-state index contributed by atoms with van der Waals surface area (Å²) >= 11 is 0. The van der Waals surface area contributed by atoms with Crippen molar-refractivity contribution in [1.29, 1.82) is 0 Å². The van der Waals surface area contributed by atoms with Gasteiger partial charge in [-0.3, -0.25) is 0 Å². The van der Waals surface area contributed by atoms with E-state index in [4.69, 9.17) is 15.6 Å². The average Bonchev–Trinajstić information content (AvgIpc) is 2.19. The van der Waals surface area contributed by atoms with Gasteiger partial charge in [-0.15, -0.1) is 0 Å². The van der Waals surface area contributed by atoms with Crippen molar-refractivity contribution in [2.45, 2.75) is 36.6 Å². The first-order chi connectivity index (χ1) is 6.50. The van der Waals surface area contributed by atoms with Gasteiger partial charge in [0.15, 0.2) is 0 Å². The Kier molecular flexibility index (Phi) is 3.78. The van der Waals surface area contributed by atoms with Crippen LogP contribution in [-0.4, -0.2) is 68.9 Å². The molecule has 0 aromatic carbocycles. The van der Waals surface area contributed by atoms with Gasteiger partial charge in [0.2, 0.25) is 0 Å². The van der Waals surface area contributed by atoms with Gasteiger partial charge >= 0.3 is 0 Å². The molecular formula is C7H15NO6. The highest BCUT2D eigenvalue weighted by Gasteiger charge is 2.48. The van der Waals surface area contributed by atoms with Crippen molar-refractivity contribution in [3.63, 3.8) is 0 Å². The lowest BCUT2D eigenvalue weighted by Crippen LogP contribution is -2.64. The van der Waals surface area contributed by atoms with Gasteiger partial charge in [-0.25, -0.2) is 0 Å². The third kappa shape index (κ3) is 1.89. The van der Waals surface area contributed by atoms with E-state index in [1.165, 1.54) is 0 Å². The standard InChI is InChI=1S/C7H15NO6/c8-1-14-7-5(12)3(10)2(9)4(11)6(7)13/h2-7,9-13H,1,8H2/t2-,3-,4+,5-,6-,7-/m0/s1. The van der Waals surface area contributed by atoms with Crippen LogP contribution in [0.5, 0.6) is 0 Å². The monoisotopic (exact) mass is 209 g/mol. The van der Waals surface area contributed by atoms with Crippen LogP contribution in [0.1, 0.15) is 0 Å². The molecule has 1 rings (SSSR count). The third-order valence-corrected chi connectivity index (χ3v) is 2.36. The Morgan fingerprint density at radius 3 is 1.50 bits per heavy atom. The molecule has 84 valence electrons. The SMILES string of the molecule is NCO[C@@H]1[C@@H](O)[C@H](O)[C@@H](O)[C@H](O)[C@@H]1O. The van der Waals surface area contributed by atoms with Crippen LogP contribution < -0.4 is 5.73 Å². The van der Waals surface area contributed by atoms with E-state index in [2.05, 4.69) is 0 Å². The number of ether oxygens (including phenoxy) is 1. The smallest absolute Gasteiger partial charge is 0.116 e. The van der Waals surface area contributed by atoms with Crippen LogP contribution in [0.4, 0.5) is 0 Å². The summed E-state index contributed by atoms with van der Waals surface area (Å²) in [7, 11) is 0. The molecule has 0 amide bonds. The van der Waals surface area contributed by atoms with Gasteiger partial charge in [-0.05, 0) is 0 Å². The molecule has 6 atom stereocenters. The van der Waals surface area contributed by atoms with E-state index in [1.807, 2.05) is 0 Å². The molecule has 7 N–H and O–H groups in total. The summed E-state index contributed by atoms with van der Waals surface area (Å²) in [5.74, 6) is 0. The highest BCUT2D eigenvalue weighted by Crippen LogP contribution is 2.23. The van der Waals surface area contributed by atoms with Crippen LogP contribution in [0, 0.1) is 0 Å². The molecule has 0 aromatic rings. The number of aliphatic hydroxyl groups is 5. The van der Waals surface area contributed by atoms with E-state index in [0.29, 0.717) is 0 Å². The number of hydrogen-bond acceptors (Lipinski definition) is 7. The molecule has 7 heteroatoms. The Morgan fingerprint density at radius 1 is 0.786 bits per heavy atom. The fraction of sp³-hybridized carbons (Fsp3) is 1.00. The average molecular weight is 209 g/mol. The van der Waals surface area contributed by atoms with E-state index >= 15 is 0 Å². The van der Waals surface area contributed by atoms with Crippen LogP contribution in [0.3, 0.4) is 0 Å². The van der Waals surface area contributed by atoms with Crippen molar-refractivity contribution >= 4 is 0 Å². The van der Waals surface area contributed by atoms with Crippen LogP contribution in [0.15, 0.2) is 0 Å². The fourth-order valence-electron chi connectivity index (χ4n) is 1.51. The van der Waals surface area contributed by atoms with Crippen molar-refractivity contribution in [3.05, 3.63) is 0 Å². The van der Waals surface area contributed by atoms with Gasteiger partial charge in [0.25, 0.3) is 0 Å². The Labute approximate surface area is 80.3 Å².